The number of carbonyl (C=O) groups is 1. The molecule has 78 valence electrons. The van der Waals surface area contributed by atoms with Crippen LogP contribution in [0, 0.1) is 11.8 Å². The molecule has 4 bridgehead atoms. The molecule has 2 atom stereocenters. The van der Waals surface area contributed by atoms with E-state index >= 15 is 0 Å². The molecule has 2 saturated carbocycles. The SMILES string of the molecule is CC12CC3CC(C1)CC(C(=O)O)(C3)N2. The number of carboxylic acids is 1. The van der Waals surface area contributed by atoms with Crippen molar-refractivity contribution in [2.24, 2.45) is 11.8 Å². The van der Waals surface area contributed by atoms with E-state index in [4.69, 9.17) is 0 Å². The van der Waals surface area contributed by atoms with E-state index in [1.54, 1.807) is 0 Å². The van der Waals surface area contributed by atoms with Gasteiger partial charge in [-0.3, -0.25) is 10.1 Å². The molecule has 0 aromatic carbocycles. The second-order valence-electron chi connectivity index (χ2n) is 5.86. The minimum Gasteiger partial charge on any atom is -0.480 e. The van der Waals surface area contributed by atoms with E-state index in [0.717, 1.165) is 12.8 Å². The Kier molecular flexibility index (Phi) is 1.45. The van der Waals surface area contributed by atoms with Crippen molar-refractivity contribution >= 4 is 5.97 Å². The van der Waals surface area contributed by atoms with Crippen LogP contribution in [0.25, 0.3) is 0 Å². The normalized spacial score (nSPS) is 54.9. The lowest BCUT2D eigenvalue weighted by atomic mass is 9.55. The predicted molar refractivity (Wildman–Crippen MR) is 52.0 cm³/mol. The zero-order valence-electron chi connectivity index (χ0n) is 8.55. The molecule has 0 aromatic rings. The van der Waals surface area contributed by atoms with E-state index in [0.29, 0.717) is 11.8 Å². The third-order valence-electron chi connectivity index (χ3n) is 4.37. The molecule has 0 radical (unpaired) electrons. The van der Waals surface area contributed by atoms with Gasteiger partial charge in [-0.05, 0) is 50.9 Å². The summed E-state index contributed by atoms with van der Waals surface area (Å²) in [4.78, 5) is 11.3. The van der Waals surface area contributed by atoms with Crippen LogP contribution in [0.15, 0.2) is 0 Å². The first-order valence-corrected chi connectivity index (χ1v) is 5.54. The number of hydrogen-bond donors (Lipinski definition) is 2. The third kappa shape index (κ3) is 0.991. The van der Waals surface area contributed by atoms with Gasteiger partial charge in [0.15, 0.2) is 0 Å². The Labute approximate surface area is 83.9 Å². The van der Waals surface area contributed by atoms with Crippen LogP contribution in [0.4, 0.5) is 0 Å². The van der Waals surface area contributed by atoms with Gasteiger partial charge < -0.3 is 5.11 Å². The van der Waals surface area contributed by atoms with Crippen LogP contribution in [-0.2, 0) is 4.79 Å². The maximum absolute atomic E-state index is 11.3. The van der Waals surface area contributed by atoms with Crippen LogP contribution in [0.5, 0.6) is 0 Å². The smallest absolute Gasteiger partial charge is 0.323 e. The highest BCUT2D eigenvalue weighted by Crippen LogP contribution is 2.53. The summed E-state index contributed by atoms with van der Waals surface area (Å²) in [6, 6.07) is 0. The predicted octanol–water partition coefficient (Wildman–Crippen LogP) is 1.38. The van der Waals surface area contributed by atoms with Crippen molar-refractivity contribution in [1.29, 1.82) is 0 Å². The quantitative estimate of drug-likeness (QED) is 0.664. The van der Waals surface area contributed by atoms with Gasteiger partial charge in [-0.2, -0.15) is 0 Å². The molecule has 14 heavy (non-hydrogen) atoms. The molecule has 0 spiro atoms. The average molecular weight is 195 g/mol. The number of hydrogen-bond acceptors (Lipinski definition) is 2. The molecule has 4 rings (SSSR count). The molecule has 3 heteroatoms. The van der Waals surface area contributed by atoms with Gasteiger partial charge in [-0.1, -0.05) is 0 Å². The number of rotatable bonds is 1. The van der Waals surface area contributed by atoms with E-state index in [2.05, 4.69) is 12.2 Å². The summed E-state index contributed by atoms with van der Waals surface area (Å²) in [6.07, 6.45) is 5.34. The van der Waals surface area contributed by atoms with E-state index in [1.165, 1.54) is 19.3 Å². The van der Waals surface area contributed by atoms with Gasteiger partial charge in [0.05, 0.1) is 0 Å². The van der Waals surface area contributed by atoms with Crippen LogP contribution in [0.1, 0.15) is 39.0 Å². The molecule has 4 aliphatic rings. The van der Waals surface area contributed by atoms with Crippen molar-refractivity contribution in [1.82, 2.24) is 5.32 Å². The average Bonchev–Trinajstić information content (AvgIpc) is 1.98. The van der Waals surface area contributed by atoms with E-state index in [1.807, 2.05) is 0 Å². The first-order chi connectivity index (χ1) is 6.51. The molecule has 2 N–H and O–H groups in total. The lowest BCUT2D eigenvalue weighted by Gasteiger charge is -2.60. The van der Waals surface area contributed by atoms with E-state index < -0.39 is 11.5 Å². The van der Waals surface area contributed by atoms with Crippen LogP contribution in [0.3, 0.4) is 0 Å². The van der Waals surface area contributed by atoms with Gasteiger partial charge in [0.2, 0.25) is 0 Å². The fourth-order valence-corrected chi connectivity index (χ4v) is 4.39. The molecule has 2 heterocycles. The Balaban J connectivity index is 2.00. The maximum atomic E-state index is 11.3. The summed E-state index contributed by atoms with van der Waals surface area (Å²) >= 11 is 0. The minimum atomic E-state index is -0.627. The van der Waals surface area contributed by atoms with Crippen molar-refractivity contribution in [3.05, 3.63) is 0 Å². The molecular formula is C11H17NO2. The highest BCUT2D eigenvalue weighted by Gasteiger charge is 2.58. The summed E-state index contributed by atoms with van der Waals surface area (Å²) in [5.41, 5.74) is -0.457. The Bertz CT molecular complexity index is 286. The molecule has 0 aromatic heterocycles. The highest BCUT2D eigenvalue weighted by atomic mass is 16.4. The van der Waals surface area contributed by atoms with Crippen molar-refractivity contribution in [3.8, 4) is 0 Å². The number of carboxylic acid groups (broad SMARTS) is 1. The Morgan fingerprint density at radius 2 is 1.86 bits per heavy atom. The van der Waals surface area contributed by atoms with Crippen LogP contribution >= 0.6 is 0 Å². The molecule has 2 aliphatic heterocycles. The molecule has 3 nitrogen and oxygen atoms in total. The monoisotopic (exact) mass is 195 g/mol. The largest absolute Gasteiger partial charge is 0.480 e. The number of nitrogens with one attached hydrogen (secondary N) is 1. The molecular weight excluding hydrogens is 178 g/mol. The number of piperidine rings is 2. The van der Waals surface area contributed by atoms with Crippen molar-refractivity contribution < 1.29 is 9.90 Å². The summed E-state index contributed by atoms with van der Waals surface area (Å²) in [5, 5.41) is 12.7. The van der Waals surface area contributed by atoms with Gasteiger partial charge in [0, 0.05) is 5.54 Å². The highest BCUT2D eigenvalue weighted by molar-refractivity contribution is 5.79. The standard InChI is InChI=1S/C11H17NO2/c1-10-3-7-2-8(4-10)6-11(5-7,12-10)9(13)14/h7-8,12H,2-6H2,1H3,(H,13,14). The summed E-state index contributed by atoms with van der Waals surface area (Å²) < 4.78 is 0. The second-order valence-corrected chi connectivity index (χ2v) is 5.86. The molecule has 4 fully saturated rings. The zero-order chi connectivity index (χ0) is 9.97. The Morgan fingerprint density at radius 3 is 2.29 bits per heavy atom. The summed E-state index contributed by atoms with van der Waals surface area (Å²) in [7, 11) is 0. The maximum Gasteiger partial charge on any atom is 0.323 e. The Morgan fingerprint density at radius 1 is 1.29 bits per heavy atom. The molecule has 2 saturated heterocycles. The first kappa shape index (κ1) is 8.72. The van der Waals surface area contributed by atoms with Crippen LogP contribution in [-0.4, -0.2) is 22.2 Å². The van der Waals surface area contributed by atoms with Gasteiger partial charge in [0.1, 0.15) is 5.54 Å². The van der Waals surface area contributed by atoms with Gasteiger partial charge in [-0.15, -0.1) is 0 Å². The lowest BCUT2D eigenvalue weighted by Crippen LogP contribution is -2.72. The molecule has 2 unspecified atom stereocenters. The summed E-state index contributed by atoms with van der Waals surface area (Å²) in [5.74, 6) is 0.688. The van der Waals surface area contributed by atoms with Crippen molar-refractivity contribution in [2.45, 2.75) is 50.1 Å². The lowest BCUT2D eigenvalue weighted by molar-refractivity contribution is -0.158. The fraction of sp³-hybridized carbons (Fsp3) is 0.909. The summed E-state index contributed by atoms with van der Waals surface area (Å²) in [6.45, 7) is 2.20. The minimum absolute atomic E-state index is 0.114. The van der Waals surface area contributed by atoms with E-state index in [-0.39, 0.29) is 5.54 Å². The van der Waals surface area contributed by atoms with Crippen LogP contribution < -0.4 is 5.32 Å². The van der Waals surface area contributed by atoms with E-state index in [9.17, 15) is 9.90 Å². The fourth-order valence-electron chi connectivity index (χ4n) is 4.39. The first-order valence-electron chi connectivity index (χ1n) is 5.54. The van der Waals surface area contributed by atoms with Gasteiger partial charge in [-0.25, -0.2) is 0 Å². The third-order valence-corrected chi connectivity index (χ3v) is 4.37. The number of aliphatic carboxylic acids is 1. The van der Waals surface area contributed by atoms with Crippen molar-refractivity contribution in [3.63, 3.8) is 0 Å². The van der Waals surface area contributed by atoms with Gasteiger partial charge >= 0.3 is 5.97 Å². The topological polar surface area (TPSA) is 49.3 Å². The van der Waals surface area contributed by atoms with Gasteiger partial charge in [0.25, 0.3) is 0 Å². The Hall–Kier alpha value is -0.570. The molecule has 0 amide bonds. The zero-order valence-corrected chi connectivity index (χ0v) is 8.55. The second kappa shape index (κ2) is 2.32. The van der Waals surface area contributed by atoms with Crippen LogP contribution in [0.2, 0.25) is 0 Å². The molecule has 2 aliphatic carbocycles. The van der Waals surface area contributed by atoms with Crippen molar-refractivity contribution in [2.75, 3.05) is 0 Å².